The summed E-state index contributed by atoms with van der Waals surface area (Å²) in [6, 6.07) is 0. The van der Waals surface area contributed by atoms with E-state index in [1.165, 1.54) is 0 Å². The Bertz CT molecular complexity index is 826. The first-order valence-electron chi connectivity index (χ1n) is 14.2. The fourth-order valence-corrected chi connectivity index (χ4v) is 5.14. The Morgan fingerprint density at radius 1 is 0.326 bits per heavy atom. The quantitative estimate of drug-likeness (QED) is 0.113. The summed E-state index contributed by atoms with van der Waals surface area (Å²) in [7, 11) is 0. The number of rotatable bonds is 8. The molecule has 0 amide bonds. The summed E-state index contributed by atoms with van der Waals surface area (Å²) in [5.74, 6) is 0. The van der Waals surface area contributed by atoms with E-state index in [1.54, 1.807) is 0 Å². The molecular weight excluding hydrogens is 640 g/mol. The van der Waals surface area contributed by atoms with Crippen molar-refractivity contribution in [1.82, 2.24) is 0 Å². The van der Waals surface area contributed by atoms with Crippen LogP contribution in [0.4, 0.5) is 0 Å². The molecule has 0 radical (unpaired) electrons. The fourth-order valence-electron chi connectivity index (χ4n) is 5.14. The molecule has 20 atom stereocenters. The molecule has 16 N–H and O–H groups in total. The Morgan fingerprint density at radius 3 is 0.913 bits per heavy atom. The summed E-state index contributed by atoms with van der Waals surface area (Å²) in [5.41, 5.74) is 0. The molecule has 4 heterocycles. The van der Waals surface area contributed by atoms with Gasteiger partial charge in [-0.3, -0.25) is 0 Å². The molecule has 46 heavy (non-hydrogen) atoms. The highest BCUT2D eigenvalue weighted by molar-refractivity contribution is 4.95. The van der Waals surface area contributed by atoms with E-state index < -0.39 is 149 Å². The molecule has 0 saturated carbocycles. The molecule has 4 fully saturated rings. The first kappa shape index (κ1) is 39.6. The van der Waals surface area contributed by atoms with Gasteiger partial charge in [0, 0.05) is 0 Å². The molecule has 0 aliphatic carbocycles. The smallest absolute Gasteiger partial charge is 0.187 e. The summed E-state index contributed by atoms with van der Waals surface area (Å²) >= 11 is 0. The van der Waals surface area contributed by atoms with E-state index in [-0.39, 0.29) is 0 Å². The summed E-state index contributed by atoms with van der Waals surface area (Å²) in [4.78, 5) is 0. The summed E-state index contributed by atoms with van der Waals surface area (Å²) in [5, 5.41) is 153. The van der Waals surface area contributed by atoms with Crippen LogP contribution in [0.3, 0.4) is 0 Å². The molecule has 22 nitrogen and oxygen atoms in total. The molecule has 22 heteroatoms. The minimum atomic E-state index is -1.74. The SMILES string of the molecule is OC[C@H]1O[C@@H](O[C@H]2[C@H](O)[C@@H](O)[C@@H](O)O[C@@H]2CO)[C@H](O)[C@@H](O)[C@H]1O.OC[C@H]1O[C@@H](O[C@H]2[C@H](O)[C@@H](O)[C@H](O)O[C@@H]2CO)[C@H](O)[C@@H](O)[C@H]1O. The van der Waals surface area contributed by atoms with Crippen LogP contribution in [-0.4, -0.2) is 231 Å². The molecule has 0 unspecified atom stereocenters. The summed E-state index contributed by atoms with van der Waals surface area (Å²) in [6.07, 6.45) is -31.1. The lowest BCUT2D eigenvalue weighted by atomic mass is 9.97. The Balaban J connectivity index is 0.000000250. The topological polar surface area (TPSA) is 379 Å². The first-order valence-corrected chi connectivity index (χ1v) is 14.2. The van der Waals surface area contributed by atoms with Crippen LogP contribution in [0.1, 0.15) is 0 Å². The normalized spacial score (nSPS) is 51.7. The van der Waals surface area contributed by atoms with E-state index in [4.69, 9.17) is 38.6 Å². The van der Waals surface area contributed by atoms with Crippen LogP contribution in [0, 0.1) is 0 Å². The van der Waals surface area contributed by atoms with Crippen molar-refractivity contribution >= 4 is 0 Å². The number of hydrogen-bond donors (Lipinski definition) is 16. The molecule has 0 aromatic heterocycles. The van der Waals surface area contributed by atoms with Crippen molar-refractivity contribution in [3.8, 4) is 0 Å². The van der Waals surface area contributed by atoms with Gasteiger partial charge in [0.1, 0.15) is 97.7 Å². The van der Waals surface area contributed by atoms with Gasteiger partial charge in [0.2, 0.25) is 0 Å². The summed E-state index contributed by atoms with van der Waals surface area (Å²) < 4.78 is 30.5. The highest BCUT2D eigenvalue weighted by atomic mass is 16.7. The van der Waals surface area contributed by atoms with Crippen molar-refractivity contribution in [2.24, 2.45) is 0 Å². The van der Waals surface area contributed by atoms with Gasteiger partial charge in [-0.15, -0.1) is 0 Å². The number of aliphatic hydroxyl groups excluding tert-OH is 16. The van der Waals surface area contributed by atoms with E-state index in [1.807, 2.05) is 0 Å². The largest absolute Gasteiger partial charge is 0.394 e. The van der Waals surface area contributed by atoms with Gasteiger partial charge in [0.15, 0.2) is 25.2 Å². The van der Waals surface area contributed by atoms with Crippen LogP contribution < -0.4 is 0 Å². The minimum Gasteiger partial charge on any atom is -0.394 e. The number of ether oxygens (including phenoxy) is 6. The molecule has 4 aliphatic heterocycles. The third-order valence-electron chi connectivity index (χ3n) is 7.96. The predicted molar refractivity (Wildman–Crippen MR) is 137 cm³/mol. The fraction of sp³-hybridized carbons (Fsp3) is 1.00. The Hall–Kier alpha value is -0.880. The second-order valence-electron chi connectivity index (χ2n) is 11.1. The van der Waals surface area contributed by atoms with Crippen LogP contribution in [0.5, 0.6) is 0 Å². The Kier molecular flexibility index (Phi) is 14.8. The molecule has 272 valence electrons. The van der Waals surface area contributed by atoms with Gasteiger partial charge in [-0.25, -0.2) is 0 Å². The van der Waals surface area contributed by atoms with Gasteiger partial charge in [0.25, 0.3) is 0 Å². The predicted octanol–water partition coefficient (Wildman–Crippen LogP) is -10.8. The lowest BCUT2D eigenvalue weighted by Crippen LogP contribution is -2.64. The molecule has 4 saturated heterocycles. The third kappa shape index (κ3) is 8.45. The lowest BCUT2D eigenvalue weighted by molar-refractivity contribution is -0.355. The molecule has 0 aromatic carbocycles. The lowest BCUT2D eigenvalue weighted by Gasteiger charge is -2.45. The van der Waals surface area contributed by atoms with Crippen LogP contribution >= 0.6 is 0 Å². The Labute approximate surface area is 260 Å². The van der Waals surface area contributed by atoms with Crippen LogP contribution in [-0.2, 0) is 28.4 Å². The molecular formula is C24H44O22. The van der Waals surface area contributed by atoms with Gasteiger partial charge in [0.05, 0.1) is 26.4 Å². The second kappa shape index (κ2) is 17.2. The van der Waals surface area contributed by atoms with E-state index >= 15 is 0 Å². The average Bonchev–Trinajstić information content (AvgIpc) is 3.05. The highest BCUT2D eigenvalue weighted by Crippen LogP contribution is 2.30. The van der Waals surface area contributed by atoms with Gasteiger partial charge >= 0.3 is 0 Å². The van der Waals surface area contributed by atoms with Crippen molar-refractivity contribution in [3.05, 3.63) is 0 Å². The molecule has 4 aliphatic rings. The van der Waals surface area contributed by atoms with Crippen molar-refractivity contribution in [2.75, 3.05) is 26.4 Å². The van der Waals surface area contributed by atoms with Crippen molar-refractivity contribution < 1.29 is 110 Å². The maximum Gasteiger partial charge on any atom is 0.187 e. The second-order valence-corrected chi connectivity index (χ2v) is 11.1. The zero-order valence-corrected chi connectivity index (χ0v) is 24.0. The van der Waals surface area contributed by atoms with Crippen molar-refractivity contribution in [1.29, 1.82) is 0 Å². The monoisotopic (exact) mass is 684 g/mol. The van der Waals surface area contributed by atoms with Gasteiger partial charge in [-0.2, -0.15) is 0 Å². The van der Waals surface area contributed by atoms with E-state index in [0.29, 0.717) is 0 Å². The number of hydrogen-bond acceptors (Lipinski definition) is 22. The zero-order chi connectivity index (χ0) is 34.6. The molecule has 0 bridgehead atoms. The number of aliphatic hydroxyl groups is 16. The van der Waals surface area contributed by atoms with Gasteiger partial charge in [-0.1, -0.05) is 0 Å². The average molecular weight is 685 g/mol. The van der Waals surface area contributed by atoms with E-state index in [2.05, 4.69) is 0 Å². The third-order valence-corrected chi connectivity index (χ3v) is 7.96. The van der Waals surface area contributed by atoms with Gasteiger partial charge in [-0.05, 0) is 0 Å². The van der Waals surface area contributed by atoms with Gasteiger partial charge < -0.3 is 110 Å². The first-order chi connectivity index (χ1) is 21.6. The van der Waals surface area contributed by atoms with Crippen molar-refractivity contribution in [2.45, 2.75) is 123 Å². The summed E-state index contributed by atoms with van der Waals surface area (Å²) in [6.45, 7) is -2.69. The van der Waals surface area contributed by atoms with E-state index in [0.717, 1.165) is 0 Å². The highest BCUT2D eigenvalue weighted by Gasteiger charge is 2.51. The Morgan fingerprint density at radius 2 is 0.630 bits per heavy atom. The van der Waals surface area contributed by atoms with E-state index in [9.17, 15) is 71.5 Å². The zero-order valence-electron chi connectivity index (χ0n) is 24.0. The molecule has 0 aromatic rings. The van der Waals surface area contributed by atoms with Crippen LogP contribution in [0.25, 0.3) is 0 Å². The standard InChI is InChI=1S/2C12H22O11/c2*13-1-3-5(15)6(16)9(19)12(22-3)23-10-4(2-14)21-11(20)8(18)7(10)17/h2*3-20H,1-2H2/t3-,4-,5+,6+,7-,8-,9-,10-,11+,12+;3-,4-,5+,6+,7-,8-,9-,10-,11-,12+/m11/s1. The van der Waals surface area contributed by atoms with Crippen molar-refractivity contribution in [3.63, 3.8) is 0 Å². The molecule has 0 spiro atoms. The van der Waals surface area contributed by atoms with Crippen LogP contribution in [0.15, 0.2) is 0 Å². The van der Waals surface area contributed by atoms with Crippen LogP contribution in [0.2, 0.25) is 0 Å². The minimum absolute atomic E-state index is 0.667. The maximum absolute atomic E-state index is 9.94. The molecule has 4 rings (SSSR count). The maximum atomic E-state index is 9.94.